The summed E-state index contributed by atoms with van der Waals surface area (Å²) in [6, 6.07) is 14.1. The molecule has 1 N–H and O–H groups in total. The Bertz CT molecular complexity index is 1120. The van der Waals surface area contributed by atoms with Crippen LogP contribution in [0.2, 0.25) is 0 Å². The number of ether oxygens (including phenoxy) is 1. The van der Waals surface area contributed by atoms with E-state index in [4.69, 9.17) is 4.74 Å². The molecule has 3 amide bonds. The van der Waals surface area contributed by atoms with Gasteiger partial charge in [-0.3, -0.25) is 19.3 Å². The van der Waals surface area contributed by atoms with E-state index in [1.54, 1.807) is 24.3 Å². The predicted molar refractivity (Wildman–Crippen MR) is 102 cm³/mol. The summed E-state index contributed by atoms with van der Waals surface area (Å²) < 4.78 is 5.70. The number of imide groups is 1. The third-order valence-corrected chi connectivity index (χ3v) is 5.57. The van der Waals surface area contributed by atoms with Crippen LogP contribution in [0.1, 0.15) is 25.6 Å². The predicted octanol–water partition coefficient (Wildman–Crippen LogP) is 2.94. The average Bonchev–Trinajstić information content (AvgIpc) is 3.23. The second kappa shape index (κ2) is 6.28. The summed E-state index contributed by atoms with van der Waals surface area (Å²) >= 11 is 1.32. The number of anilines is 1. The van der Waals surface area contributed by atoms with E-state index in [2.05, 4.69) is 10.3 Å². The number of carbonyl (C=O) groups excluding carboxylic acids is 3. The first-order valence-corrected chi connectivity index (χ1v) is 9.40. The zero-order valence-electron chi connectivity index (χ0n) is 14.5. The third-order valence-electron chi connectivity index (χ3n) is 4.62. The monoisotopic (exact) mass is 391 g/mol. The number of hydrogen-bond acceptors (Lipinski definition) is 6. The summed E-state index contributed by atoms with van der Waals surface area (Å²) in [5.74, 6) is -0.646. The molecule has 0 fully saturated rings. The van der Waals surface area contributed by atoms with E-state index in [1.807, 2.05) is 24.3 Å². The molecule has 0 saturated carbocycles. The maximum Gasteiger partial charge on any atom is 0.262 e. The number of carbonyl (C=O) groups is 3. The lowest BCUT2D eigenvalue weighted by Crippen LogP contribution is -2.37. The Morgan fingerprint density at radius 3 is 2.39 bits per heavy atom. The van der Waals surface area contributed by atoms with Crippen LogP contribution in [-0.4, -0.2) is 34.2 Å². The molecule has 28 heavy (non-hydrogen) atoms. The summed E-state index contributed by atoms with van der Waals surface area (Å²) in [7, 11) is 0. The molecule has 3 aromatic rings. The number of nitrogens with one attached hydrogen (secondary N) is 1. The Morgan fingerprint density at radius 1 is 1.04 bits per heavy atom. The molecular formula is C20H13N3O4S. The maximum atomic E-state index is 12.4. The summed E-state index contributed by atoms with van der Waals surface area (Å²) in [4.78, 5) is 43.6. The van der Waals surface area contributed by atoms with Gasteiger partial charge in [0.25, 0.3) is 11.8 Å². The van der Waals surface area contributed by atoms with Gasteiger partial charge in [0.1, 0.15) is 18.9 Å². The zero-order chi connectivity index (χ0) is 19.3. The molecule has 0 atom stereocenters. The van der Waals surface area contributed by atoms with E-state index in [0.29, 0.717) is 22.9 Å². The van der Waals surface area contributed by atoms with E-state index >= 15 is 0 Å². The second-order valence-corrected chi connectivity index (χ2v) is 7.45. The first kappa shape index (κ1) is 16.6. The Labute approximate surface area is 163 Å². The number of para-hydroxylation sites is 1. The average molecular weight is 391 g/mol. The van der Waals surface area contributed by atoms with Crippen LogP contribution < -0.4 is 10.1 Å². The van der Waals surface area contributed by atoms with E-state index in [9.17, 15) is 14.4 Å². The second-order valence-electron chi connectivity index (χ2n) is 6.37. The van der Waals surface area contributed by atoms with Crippen molar-refractivity contribution in [3.63, 3.8) is 0 Å². The number of benzene rings is 2. The van der Waals surface area contributed by atoms with Gasteiger partial charge in [0.05, 0.1) is 21.7 Å². The van der Waals surface area contributed by atoms with Gasteiger partial charge in [0.2, 0.25) is 5.91 Å². The Kier molecular flexibility index (Phi) is 3.73. The number of aromatic nitrogens is 1. The summed E-state index contributed by atoms with van der Waals surface area (Å²) in [5, 5.41) is 3.10. The number of nitrogens with zero attached hydrogens (tertiary/aromatic N) is 2. The largest absolute Gasteiger partial charge is 0.487 e. The highest BCUT2D eigenvalue weighted by atomic mass is 32.1. The fourth-order valence-corrected chi connectivity index (χ4v) is 4.24. The summed E-state index contributed by atoms with van der Waals surface area (Å²) in [6.45, 7) is 0.0297. The van der Waals surface area contributed by atoms with Gasteiger partial charge in [-0.15, -0.1) is 0 Å². The SMILES string of the molecule is O=C(CN1C(=O)c2ccccc2C1=O)Nc1nc2c(s1)COc1ccccc1-2. The molecule has 0 saturated heterocycles. The van der Waals surface area contributed by atoms with Crippen LogP contribution in [0.3, 0.4) is 0 Å². The number of amides is 3. The van der Waals surface area contributed by atoms with Crippen LogP contribution in [0.25, 0.3) is 11.3 Å². The van der Waals surface area contributed by atoms with Crippen molar-refractivity contribution in [2.75, 3.05) is 11.9 Å². The van der Waals surface area contributed by atoms with Crippen LogP contribution >= 0.6 is 11.3 Å². The first-order chi connectivity index (χ1) is 13.6. The van der Waals surface area contributed by atoms with Crippen LogP contribution in [0.5, 0.6) is 5.75 Å². The molecule has 0 spiro atoms. The quantitative estimate of drug-likeness (QED) is 0.694. The fourth-order valence-electron chi connectivity index (χ4n) is 3.33. The Hall–Kier alpha value is -3.52. The van der Waals surface area contributed by atoms with Crippen LogP contribution in [0.15, 0.2) is 48.5 Å². The standard InChI is InChI=1S/C20H13N3O4S/c24-16(9-23-18(25)11-5-1-2-6-12(11)19(23)26)21-20-22-17-13-7-3-4-8-14(13)27-10-15(17)28-20/h1-8H,9-10H2,(H,21,22,24). The number of fused-ring (bicyclic) bond motifs is 4. The summed E-state index contributed by atoms with van der Waals surface area (Å²) in [5.41, 5.74) is 2.29. The van der Waals surface area contributed by atoms with Crippen molar-refractivity contribution in [1.29, 1.82) is 0 Å². The van der Waals surface area contributed by atoms with Gasteiger partial charge in [0, 0.05) is 5.56 Å². The first-order valence-electron chi connectivity index (χ1n) is 8.59. The minimum Gasteiger partial charge on any atom is -0.487 e. The fraction of sp³-hybridized carbons (Fsp3) is 0.100. The number of hydrogen-bond donors (Lipinski definition) is 1. The topological polar surface area (TPSA) is 88.6 Å². The van der Waals surface area contributed by atoms with Gasteiger partial charge in [-0.25, -0.2) is 4.98 Å². The van der Waals surface area contributed by atoms with E-state index < -0.39 is 17.7 Å². The lowest BCUT2D eigenvalue weighted by atomic mass is 10.1. The Balaban J connectivity index is 1.34. The van der Waals surface area contributed by atoms with Gasteiger partial charge < -0.3 is 10.1 Å². The minimum absolute atomic E-state index is 0.318. The van der Waals surface area contributed by atoms with Crippen LogP contribution in [0, 0.1) is 0 Å². The van der Waals surface area contributed by atoms with Gasteiger partial charge in [-0.2, -0.15) is 0 Å². The van der Waals surface area contributed by atoms with E-state index in [0.717, 1.165) is 26.8 Å². The smallest absolute Gasteiger partial charge is 0.262 e. The highest BCUT2D eigenvalue weighted by molar-refractivity contribution is 7.16. The third kappa shape index (κ3) is 2.57. The molecule has 138 valence electrons. The molecule has 3 heterocycles. The van der Waals surface area contributed by atoms with Crippen molar-refractivity contribution in [2.24, 2.45) is 0 Å². The van der Waals surface area contributed by atoms with Crippen molar-refractivity contribution in [3.8, 4) is 17.0 Å². The molecular weight excluding hydrogens is 378 g/mol. The van der Waals surface area contributed by atoms with Gasteiger partial charge in [-0.05, 0) is 24.3 Å². The van der Waals surface area contributed by atoms with E-state index in [1.165, 1.54) is 11.3 Å². The number of rotatable bonds is 3. The van der Waals surface area contributed by atoms with Crippen molar-refractivity contribution in [1.82, 2.24) is 9.88 Å². The van der Waals surface area contributed by atoms with Crippen molar-refractivity contribution >= 4 is 34.2 Å². The molecule has 2 aromatic carbocycles. The molecule has 0 aliphatic carbocycles. The molecule has 0 radical (unpaired) electrons. The molecule has 8 heteroatoms. The number of thiazole rings is 1. The van der Waals surface area contributed by atoms with Gasteiger partial charge in [-0.1, -0.05) is 35.6 Å². The summed E-state index contributed by atoms with van der Waals surface area (Å²) in [6.07, 6.45) is 0. The molecule has 1 aromatic heterocycles. The van der Waals surface area contributed by atoms with Gasteiger partial charge >= 0.3 is 0 Å². The molecule has 0 bridgehead atoms. The lowest BCUT2D eigenvalue weighted by Gasteiger charge is -2.15. The Morgan fingerprint density at radius 2 is 1.68 bits per heavy atom. The minimum atomic E-state index is -0.477. The molecule has 5 rings (SSSR count). The highest BCUT2D eigenvalue weighted by Gasteiger charge is 2.36. The van der Waals surface area contributed by atoms with Crippen molar-refractivity contribution in [3.05, 3.63) is 64.5 Å². The zero-order valence-corrected chi connectivity index (χ0v) is 15.3. The van der Waals surface area contributed by atoms with Crippen molar-refractivity contribution < 1.29 is 19.1 Å². The van der Waals surface area contributed by atoms with Crippen molar-refractivity contribution in [2.45, 2.75) is 6.61 Å². The van der Waals surface area contributed by atoms with Gasteiger partial charge in [0.15, 0.2) is 5.13 Å². The van der Waals surface area contributed by atoms with Crippen LogP contribution in [0.4, 0.5) is 5.13 Å². The highest BCUT2D eigenvalue weighted by Crippen LogP contribution is 2.40. The normalized spacial score (nSPS) is 14.2. The van der Waals surface area contributed by atoms with E-state index in [-0.39, 0.29) is 6.54 Å². The maximum absolute atomic E-state index is 12.4. The lowest BCUT2D eigenvalue weighted by molar-refractivity contribution is -0.116. The molecule has 0 unspecified atom stereocenters. The molecule has 2 aliphatic heterocycles. The van der Waals surface area contributed by atoms with Crippen LogP contribution in [-0.2, 0) is 11.4 Å². The molecule has 7 nitrogen and oxygen atoms in total. The molecule has 2 aliphatic rings.